The molecule has 1 saturated carbocycles. The molecule has 0 heterocycles. The van der Waals surface area contributed by atoms with E-state index in [-0.39, 0.29) is 18.6 Å². The molecule has 0 radical (unpaired) electrons. The molecule has 1 aromatic rings. The second-order valence-corrected chi connectivity index (χ2v) is 5.86. The van der Waals surface area contributed by atoms with Gasteiger partial charge in [0.1, 0.15) is 0 Å². The Labute approximate surface area is 131 Å². The van der Waals surface area contributed by atoms with E-state index in [0.29, 0.717) is 18.9 Å². The topological polar surface area (TPSA) is 49.3 Å². The van der Waals surface area contributed by atoms with Gasteiger partial charge in [-0.1, -0.05) is 12.8 Å². The molecule has 2 rings (SSSR count). The number of hydrogen-bond acceptors (Lipinski definition) is 2. The van der Waals surface area contributed by atoms with E-state index in [2.05, 4.69) is 5.32 Å². The fourth-order valence-corrected chi connectivity index (χ4v) is 2.92. The fraction of sp³-hybridized carbons (Fsp3) is 0.562. The van der Waals surface area contributed by atoms with Crippen molar-refractivity contribution in [3.63, 3.8) is 0 Å². The molecule has 0 aromatic heterocycles. The van der Waals surface area contributed by atoms with E-state index in [0.717, 1.165) is 25.7 Å². The predicted octanol–water partition coefficient (Wildman–Crippen LogP) is 3.30. The molecule has 0 spiro atoms. The van der Waals surface area contributed by atoms with Crippen LogP contribution in [-0.4, -0.2) is 23.7 Å². The summed E-state index contributed by atoms with van der Waals surface area (Å²) in [6, 6.07) is 0.341. The van der Waals surface area contributed by atoms with Crippen LogP contribution in [0.25, 0.3) is 0 Å². The Kier molecular flexibility index (Phi) is 5.98. The van der Waals surface area contributed by atoms with Gasteiger partial charge in [-0.15, -0.1) is 0 Å². The molecule has 2 atom stereocenters. The van der Waals surface area contributed by atoms with Crippen molar-refractivity contribution in [3.05, 3.63) is 34.9 Å². The van der Waals surface area contributed by atoms with Crippen LogP contribution in [0.5, 0.6) is 0 Å². The van der Waals surface area contributed by atoms with Crippen LogP contribution in [0.4, 0.5) is 17.6 Å². The third-order valence-corrected chi connectivity index (χ3v) is 4.25. The molecule has 1 aliphatic rings. The highest BCUT2D eigenvalue weighted by atomic mass is 19.2. The maximum atomic E-state index is 13.5. The summed E-state index contributed by atoms with van der Waals surface area (Å²) in [6.45, 7) is 0.183. The first kappa shape index (κ1) is 17.7. The van der Waals surface area contributed by atoms with Crippen molar-refractivity contribution in [2.45, 2.75) is 44.6 Å². The Morgan fingerprint density at radius 2 is 1.83 bits per heavy atom. The van der Waals surface area contributed by atoms with Crippen LogP contribution in [0.2, 0.25) is 0 Å². The third-order valence-electron chi connectivity index (χ3n) is 4.25. The molecule has 2 unspecified atom stereocenters. The number of amides is 1. The van der Waals surface area contributed by atoms with E-state index >= 15 is 0 Å². The monoisotopic (exact) mass is 333 g/mol. The summed E-state index contributed by atoms with van der Waals surface area (Å²) >= 11 is 0. The number of benzene rings is 1. The van der Waals surface area contributed by atoms with E-state index in [9.17, 15) is 27.5 Å². The van der Waals surface area contributed by atoms with Crippen molar-refractivity contribution in [1.82, 2.24) is 5.32 Å². The van der Waals surface area contributed by atoms with Crippen LogP contribution >= 0.6 is 0 Å². The standard InChI is InChI=1S/C16H19F4NO2/c17-11-8-10(13(18)15(20)14(11)19)16(23)21-7-3-5-9-4-1-2-6-12(9)22/h8-9,12,22H,1-7H2,(H,21,23). The van der Waals surface area contributed by atoms with Gasteiger partial charge in [-0.3, -0.25) is 4.79 Å². The zero-order chi connectivity index (χ0) is 17.0. The van der Waals surface area contributed by atoms with Gasteiger partial charge in [0.05, 0.1) is 11.7 Å². The summed E-state index contributed by atoms with van der Waals surface area (Å²) in [5.74, 6) is -8.07. The van der Waals surface area contributed by atoms with Crippen LogP contribution in [0.1, 0.15) is 48.9 Å². The first-order valence-corrected chi connectivity index (χ1v) is 7.71. The fourth-order valence-electron chi connectivity index (χ4n) is 2.92. The van der Waals surface area contributed by atoms with Gasteiger partial charge in [-0.05, 0) is 37.7 Å². The molecule has 128 valence electrons. The average Bonchev–Trinajstić information content (AvgIpc) is 2.54. The smallest absolute Gasteiger partial charge is 0.254 e. The largest absolute Gasteiger partial charge is 0.393 e. The van der Waals surface area contributed by atoms with E-state index in [1.807, 2.05) is 0 Å². The van der Waals surface area contributed by atoms with Gasteiger partial charge in [-0.25, -0.2) is 17.6 Å². The quantitative estimate of drug-likeness (QED) is 0.376. The minimum Gasteiger partial charge on any atom is -0.393 e. The summed E-state index contributed by atoms with van der Waals surface area (Å²) in [5.41, 5.74) is -0.862. The average molecular weight is 333 g/mol. The van der Waals surface area contributed by atoms with Gasteiger partial charge in [0.15, 0.2) is 23.3 Å². The van der Waals surface area contributed by atoms with Crippen molar-refractivity contribution in [2.75, 3.05) is 6.54 Å². The third kappa shape index (κ3) is 4.22. The number of rotatable bonds is 5. The number of nitrogens with one attached hydrogen (secondary N) is 1. The van der Waals surface area contributed by atoms with Gasteiger partial charge < -0.3 is 10.4 Å². The Bertz CT molecular complexity index is 580. The molecule has 0 bridgehead atoms. The van der Waals surface area contributed by atoms with Gasteiger partial charge in [0, 0.05) is 6.54 Å². The Hall–Kier alpha value is -1.63. The van der Waals surface area contributed by atoms with E-state index in [1.165, 1.54) is 0 Å². The summed E-state index contributed by atoms with van der Waals surface area (Å²) in [6.07, 6.45) is 4.70. The molecule has 1 aromatic carbocycles. The van der Waals surface area contributed by atoms with Crippen LogP contribution in [0, 0.1) is 29.2 Å². The number of halogens is 4. The highest BCUT2D eigenvalue weighted by Crippen LogP contribution is 2.27. The lowest BCUT2D eigenvalue weighted by molar-refractivity contribution is 0.0641. The van der Waals surface area contributed by atoms with Crippen LogP contribution in [0.15, 0.2) is 6.07 Å². The highest BCUT2D eigenvalue weighted by molar-refractivity contribution is 5.94. The second-order valence-electron chi connectivity index (χ2n) is 5.86. The Balaban J connectivity index is 1.86. The number of carbonyl (C=O) groups is 1. The Morgan fingerprint density at radius 3 is 2.52 bits per heavy atom. The zero-order valence-electron chi connectivity index (χ0n) is 12.5. The van der Waals surface area contributed by atoms with Crippen molar-refractivity contribution in [1.29, 1.82) is 0 Å². The van der Waals surface area contributed by atoms with E-state index in [4.69, 9.17) is 0 Å². The molecule has 2 N–H and O–H groups in total. The SMILES string of the molecule is O=C(NCCCC1CCCCC1O)c1cc(F)c(F)c(F)c1F. The highest BCUT2D eigenvalue weighted by Gasteiger charge is 2.24. The molecular formula is C16H19F4NO2. The molecule has 7 heteroatoms. The Morgan fingerprint density at radius 1 is 1.13 bits per heavy atom. The summed E-state index contributed by atoms with van der Waals surface area (Å²) in [4.78, 5) is 11.7. The lowest BCUT2D eigenvalue weighted by Gasteiger charge is -2.27. The normalized spacial score (nSPS) is 21.3. The lowest BCUT2D eigenvalue weighted by Crippen LogP contribution is -2.28. The number of hydrogen-bond donors (Lipinski definition) is 2. The number of aliphatic hydroxyl groups is 1. The molecule has 23 heavy (non-hydrogen) atoms. The van der Waals surface area contributed by atoms with Crippen molar-refractivity contribution in [2.24, 2.45) is 5.92 Å². The molecule has 0 aliphatic heterocycles. The maximum absolute atomic E-state index is 13.5. The van der Waals surface area contributed by atoms with Crippen molar-refractivity contribution >= 4 is 5.91 Å². The summed E-state index contributed by atoms with van der Waals surface area (Å²) < 4.78 is 52.5. The first-order chi connectivity index (χ1) is 10.9. The van der Waals surface area contributed by atoms with Gasteiger partial charge in [-0.2, -0.15) is 0 Å². The maximum Gasteiger partial charge on any atom is 0.254 e. The van der Waals surface area contributed by atoms with Crippen LogP contribution in [-0.2, 0) is 0 Å². The van der Waals surface area contributed by atoms with Crippen molar-refractivity contribution < 1.29 is 27.5 Å². The molecule has 1 fully saturated rings. The van der Waals surface area contributed by atoms with Crippen LogP contribution < -0.4 is 5.32 Å². The van der Waals surface area contributed by atoms with E-state index < -0.39 is 34.7 Å². The zero-order valence-corrected chi connectivity index (χ0v) is 12.5. The summed E-state index contributed by atoms with van der Waals surface area (Å²) in [5, 5.41) is 12.2. The predicted molar refractivity (Wildman–Crippen MR) is 75.8 cm³/mol. The number of carbonyl (C=O) groups excluding carboxylic acids is 1. The molecule has 0 saturated heterocycles. The summed E-state index contributed by atoms with van der Waals surface area (Å²) in [7, 11) is 0. The van der Waals surface area contributed by atoms with E-state index in [1.54, 1.807) is 0 Å². The molecule has 3 nitrogen and oxygen atoms in total. The van der Waals surface area contributed by atoms with Crippen molar-refractivity contribution in [3.8, 4) is 0 Å². The molecule has 1 amide bonds. The van der Waals surface area contributed by atoms with Gasteiger partial charge in [0.25, 0.3) is 5.91 Å². The minimum atomic E-state index is -2.00. The molecule has 1 aliphatic carbocycles. The van der Waals surface area contributed by atoms with Gasteiger partial charge in [0.2, 0.25) is 0 Å². The number of aliphatic hydroxyl groups excluding tert-OH is 1. The minimum absolute atomic E-state index is 0.179. The van der Waals surface area contributed by atoms with Crippen LogP contribution in [0.3, 0.4) is 0 Å². The first-order valence-electron chi connectivity index (χ1n) is 7.71. The van der Waals surface area contributed by atoms with Gasteiger partial charge >= 0.3 is 0 Å². The lowest BCUT2D eigenvalue weighted by atomic mass is 9.83. The molecular weight excluding hydrogens is 314 g/mol. The second kappa shape index (κ2) is 7.77.